The molecule has 0 aliphatic carbocycles. The zero-order valence-corrected chi connectivity index (χ0v) is 25.6. The van der Waals surface area contributed by atoms with Crippen LogP contribution < -0.4 is 0 Å². The molecule has 6 aromatic rings. The summed E-state index contributed by atoms with van der Waals surface area (Å²) >= 11 is 0. The molecule has 0 atom stereocenters. The molecule has 0 fully saturated rings. The van der Waals surface area contributed by atoms with E-state index in [1.807, 2.05) is 60.7 Å². The third-order valence-electron chi connectivity index (χ3n) is 4.74. The Morgan fingerprint density at radius 2 is 0.833 bits per heavy atom. The molecule has 0 amide bonds. The third-order valence-corrected chi connectivity index (χ3v) is 4.74. The Bertz CT molecular complexity index is 1070. The minimum atomic E-state index is 0. The van der Waals surface area contributed by atoms with Gasteiger partial charge in [0, 0.05) is 11.0 Å². The SMILES string of the molecule is Cc1cc2ccccc2[cH-]1.Cc1cc2ccccc2[cH-]1.Cl.Cl.[Si].[Zr+4].[c-]1ccccc1.[c-]1ccccc1. The van der Waals surface area contributed by atoms with Crippen LogP contribution in [0.1, 0.15) is 11.1 Å². The first-order chi connectivity index (χ1) is 15.7. The Morgan fingerprint density at radius 3 is 1.08 bits per heavy atom. The molecule has 180 valence electrons. The van der Waals surface area contributed by atoms with Gasteiger partial charge in [-0.1, -0.05) is 26.0 Å². The molecule has 4 heteroatoms. The number of hydrogen-bond acceptors (Lipinski definition) is 0. The second-order valence-electron chi connectivity index (χ2n) is 7.48. The van der Waals surface area contributed by atoms with E-state index >= 15 is 0 Å². The average molecular weight is 605 g/mol. The fourth-order valence-electron chi connectivity index (χ4n) is 3.30. The van der Waals surface area contributed by atoms with Crippen molar-refractivity contribution in [3.05, 3.63) is 157 Å². The number of hydrogen-bond donors (Lipinski definition) is 0. The van der Waals surface area contributed by atoms with Crippen molar-refractivity contribution in [3.63, 3.8) is 0 Å². The van der Waals surface area contributed by atoms with Gasteiger partial charge in [-0.25, -0.2) is 0 Å². The monoisotopic (exact) mass is 602 g/mol. The molecular weight excluding hydrogens is 575 g/mol. The van der Waals surface area contributed by atoms with Gasteiger partial charge in [-0.3, -0.25) is 0 Å². The first kappa shape index (κ1) is 35.9. The van der Waals surface area contributed by atoms with E-state index < -0.39 is 0 Å². The molecule has 0 spiro atoms. The van der Waals surface area contributed by atoms with Crippen LogP contribution in [0.2, 0.25) is 0 Å². The van der Waals surface area contributed by atoms with Crippen LogP contribution in [0.3, 0.4) is 0 Å². The number of halogens is 2. The standard InChI is InChI=1S/2C10H9.2C6H5.2ClH.Si.Zr/c2*1-8-6-9-4-2-3-5-10(9)7-8;2*1-2-4-6-5-3-1;;;;/h2*2-7H,1H3;2*1-5H;2*1H;;/q4*-1;;;;+4. The summed E-state index contributed by atoms with van der Waals surface area (Å²) in [7, 11) is 0. The fraction of sp³-hybridized carbons (Fsp3) is 0.0625. The van der Waals surface area contributed by atoms with Crippen molar-refractivity contribution in [1.82, 2.24) is 0 Å². The Labute approximate surface area is 252 Å². The molecule has 0 aliphatic rings. The Balaban J connectivity index is 0. The minimum absolute atomic E-state index is 0. The van der Waals surface area contributed by atoms with Gasteiger partial charge in [-0.05, 0) is 0 Å². The smallest absolute Gasteiger partial charge is 0.184 e. The van der Waals surface area contributed by atoms with Crippen LogP contribution in [0, 0.1) is 26.0 Å². The topological polar surface area (TPSA) is 0 Å². The Morgan fingerprint density at radius 1 is 0.500 bits per heavy atom. The van der Waals surface area contributed by atoms with Crippen LogP contribution in [0.15, 0.2) is 133 Å². The molecule has 36 heavy (non-hydrogen) atoms. The van der Waals surface area contributed by atoms with Gasteiger partial charge in [-0.2, -0.15) is 84.9 Å². The van der Waals surface area contributed by atoms with Crippen molar-refractivity contribution in [2.24, 2.45) is 0 Å². The molecule has 0 unspecified atom stereocenters. The van der Waals surface area contributed by atoms with E-state index in [1.165, 1.54) is 32.7 Å². The van der Waals surface area contributed by atoms with E-state index in [0.717, 1.165) is 0 Å². The van der Waals surface area contributed by atoms with Gasteiger partial charge in [-0.15, -0.1) is 106 Å². The van der Waals surface area contributed by atoms with Crippen LogP contribution in [0.5, 0.6) is 0 Å². The van der Waals surface area contributed by atoms with Crippen molar-refractivity contribution in [3.8, 4) is 0 Å². The van der Waals surface area contributed by atoms with Gasteiger partial charge in [0.25, 0.3) is 0 Å². The quantitative estimate of drug-likeness (QED) is 0.120. The molecule has 6 aromatic carbocycles. The average Bonchev–Trinajstić information content (AvgIpc) is 3.43. The van der Waals surface area contributed by atoms with Gasteiger partial charge >= 0.3 is 26.2 Å². The van der Waals surface area contributed by atoms with E-state index in [4.69, 9.17) is 0 Å². The van der Waals surface area contributed by atoms with E-state index in [9.17, 15) is 0 Å². The number of aryl methyl sites for hydroxylation is 2. The van der Waals surface area contributed by atoms with E-state index in [2.05, 4.69) is 98.8 Å². The molecular formula is C32H30Cl2SiZr. The van der Waals surface area contributed by atoms with Gasteiger partial charge in [0.2, 0.25) is 0 Å². The minimum Gasteiger partial charge on any atom is -0.184 e. The summed E-state index contributed by atoms with van der Waals surface area (Å²) in [5.74, 6) is 0. The van der Waals surface area contributed by atoms with Crippen molar-refractivity contribution in [1.29, 1.82) is 0 Å². The molecule has 0 saturated carbocycles. The number of fused-ring (bicyclic) bond motifs is 2. The first-order valence-electron chi connectivity index (χ1n) is 10.8. The molecule has 0 heterocycles. The summed E-state index contributed by atoms with van der Waals surface area (Å²) in [4.78, 5) is 0. The zero-order valence-electron chi connectivity index (χ0n) is 20.5. The van der Waals surface area contributed by atoms with Crippen molar-refractivity contribution >= 4 is 57.3 Å². The molecule has 0 nitrogen and oxygen atoms in total. The van der Waals surface area contributed by atoms with Crippen LogP contribution in [0.25, 0.3) is 21.5 Å². The zero-order chi connectivity index (χ0) is 22.4. The summed E-state index contributed by atoms with van der Waals surface area (Å²) in [6, 6.07) is 50.7. The van der Waals surface area contributed by atoms with Gasteiger partial charge in [0.1, 0.15) is 0 Å². The van der Waals surface area contributed by atoms with Crippen molar-refractivity contribution in [2.75, 3.05) is 0 Å². The molecule has 6 rings (SSSR count). The molecule has 0 saturated heterocycles. The van der Waals surface area contributed by atoms with Crippen LogP contribution in [-0.4, -0.2) is 11.0 Å². The van der Waals surface area contributed by atoms with Crippen LogP contribution in [0.4, 0.5) is 0 Å². The Kier molecular flexibility index (Phi) is 20.9. The normalized spacial score (nSPS) is 8.50. The summed E-state index contributed by atoms with van der Waals surface area (Å²) in [6.45, 7) is 4.25. The third kappa shape index (κ3) is 13.2. The van der Waals surface area contributed by atoms with E-state index in [1.54, 1.807) is 0 Å². The summed E-state index contributed by atoms with van der Waals surface area (Å²) in [6.07, 6.45) is 0. The van der Waals surface area contributed by atoms with Crippen molar-refractivity contribution in [2.45, 2.75) is 13.8 Å². The fourth-order valence-corrected chi connectivity index (χ4v) is 3.30. The molecule has 0 bridgehead atoms. The largest absolute Gasteiger partial charge is 4.00 e. The van der Waals surface area contributed by atoms with Gasteiger partial charge in [0.15, 0.2) is 0 Å². The number of rotatable bonds is 0. The first-order valence-corrected chi connectivity index (χ1v) is 10.8. The van der Waals surface area contributed by atoms with E-state index in [-0.39, 0.29) is 62.0 Å². The maximum Gasteiger partial charge on any atom is 4.00 e. The number of benzene rings is 4. The summed E-state index contributed by atoms with van der Waals surface area (Å²) in [5, 5.41) is 5.39. The van der Waals surface area contributed by atoms with Gasteiger partial charge in [0.05, 0.1) is 0 Å². The van der Waals surface area contributed by atoms with Crippen molar-refractivity contribution < 1.29 is 26.2 Å². The molecule has 0 aromatic heterocycles. The second-order valence-corrected chi connectivity index (χ2v) is 7.48. The van der Waals surface area contributed by atoms with Crippen LogP contribution in [-0.2, 0) is 26.2 Å². The predicted octanol–water partition coefficient (Wildman–Crippen LogP) is 9.17. The molecule has 0 N–H and O–H groups in total. The molecule has 4 radical (unpaired) electrons. The predicted molar refractivity (Wildman–Crippen MR) is 159 cm³/mol. The maximum absolute atomic E-state index is 2.89. The summed E-state index contributed by atoms with van der Waals surface area (Å²) in [5.41, 5.74) is 2.70. The maximum atomic E-state index is 2.89. The molecule has 0 aliphatic heterocycles. The van der Waals surface area contributed by atoms with Crippen LogP contribution >= 0.6 is 24.8 Å². The van der Waals surface area contributed by atoms with Gasteiger partial charge < -0.3 is 0 Å². The Hall–Kier alpha value is -2.22. The van der Waals surface area contributed by atoms with E-state index in [0.29, 0.717) is 0 Å². The summed E-state index contributed by atoms with van der Waals surface area (Å²) < 4.78 is 0. The second kappa shape index (κ2) is 20.9.